The second-order valence-corrected chi connectivity index (χ2v) is 7.61. The quantitative estimate of drug-likeness (QED) is 0.684. The van der Waals surface area contributed by atoms with Crippen LogP contribution in [0, 0.1) is 5.92 Å². The van der Waals surface area contributed by atoms with Crippen molar-refractivity contribution in [3.8, 4) is 34.1 Å². The molecule has 0 spiro atoms. The average Bonchev–Trinajstić information content (AvgIpc) is 3.12. The molecule has 3 N–H and O–H groups in total. The lowest BCUT2D eigenvalue weighted by Gasteiger charge is -2.34. The van der Waals surface area contributed by atoms with E-state index in [0.29, 0.717) is 29.0 Å². The molecule has 2 aliphatic rings. The molecule has 3 unspecified atom stereocenters. The lowest BCUT2D eigenvalue weighted by molar-refractivity contribution is 0.168. The SMILES string of the molecule is C=C(C)C1CC(O)C(C)=CC1c1c(O)cc(-c2cccc3c2OCO3)cc1O. The Morgan fingerprint density at radius 3 is 2.54 bits per heavy atom. The fourth-order valence-electron chi connectivity index (χ4n) is 4.15. The minimum atomic E-state index is -0.537. The molecule has 4 rings (SSSR count). The summed E-state index contributed by atoms with van der Waals surface area (Å²) >= 11 is 0. The third-order valence-electron chi connectivity index (χ3n) is 5.69. The van der Waals surface area contributed by atoms with Gasteiger partial charge in [-0.2, -0.15) is 0 Å². The first-order valence-corrected chi connectivity index (χ1v) is 9.33. The van der Waals surface area contributed by atoms with Crippen LogP contribution in [0.2, 0.25) is 0 Å². The molecule has 2 aromatic rings. The Balaban J connectivity index is 1.81. The number of fused-ring (bicyclic) bond motifs is 1. The summed E-state index contributed by atoms with van der Waals surface area (Å²) in [5, 5.41) is 31.9. The summed E-state index contributed by atoms with van der Waals surface area (Å²) in [6.07, 6.45) is 1.89. The topological polar surface area (TPSA) is 79.2 Å². The van der Waals surface area contributed by atoms with E-state index in [2.05, 4.69) is 6.58 Å². The first kappa shape index (κ1) is 18.4. The fourth-order valence-corrected chi connectivity index (χ4v) is 4.15. The number of aliphatic hydroxyl groups excluding tert-OH is 1. The lowest BCUT2D eigenvalue weighted by atomic mass is 9.72. The van der Waals surface area contributed by atoms with Crippen molar-refractivity contribution in [1.29, 1.82) is 0 Å². The van der Waals surface area contributed by atoms with Crippen molar-refractivity contribution in [3.63, 3.8) is 0 Å². The molecule has 2 aromatic carbocycles. The molecule has 1 heterocycles. The van der Waals surface area contributed by atoms with E-state index < -0.39 is 6.10 Å². The van der Waals surface area contributed by atoms with Crippen LogP contribution >= 0.6 is 0 Å². The Labute approximate surface area is 164 Å². The number of aliphatic hydroxyl groups is 1. The maximum atomic E-state index is 10.8. The van der Waals surface area contributed by atoms with E-state index in [1.807, 2.05) is 38.1 Å². The molecule has 28 heavy (non-hydrogen) atoms. The van der Waals surface area contributed by atoms with Crippen molar-refractivity contribution >= 4 is 0 Å². The van der Waals surface area contributed by atoms with Gasteiger partial charge >= 0.3 is 0 Å². The summed E-state index contributed by atoms with van der Waals surface area (Å²) < 4.78 is 11.0. The van der Waals surface area contributed by atoms with Gasteiger partial charge in [0.15, 0.2) is 11.5 Å². The number of phenols is 2. The number of para-hydroxylation sites is 1. The van der Waals surface area contributed by atoms with Gasteiger partial charge in [0.05, 0.1) is 6.10 Å². The van der Waals surface area contributed by atoms with E-state index in [1.54, 1.807) is 12.1 Å². The number of hydrogen-bond donors (Lipinski definition) is 3. The Bertz CT molecular complexity index is 952. The third-order valence-corrected chi connectivity index (χ3v) is 5.69. The third kappa shape index (κ3) is 3.02. The normalized spacial score (nSPS) is 23.4. The summed E-state index contributed by atoms with van der Waals surface area (Å²) in [5.41, 5.74) is 3.57. The minimum Gasteiger partial charge on any atom is -0.507 e. The fraction of sp³-hybridized carbons (Fsp3) is 0.304. The lowest BCUT2D eigenvalue weighted by Crippen LogP contribution is -2.26. The van der Waals surface area contributed by atoms with E-state index >= 15 is 0 Å². The highest BCUT2D eigenvalue weighted by Crippen LogP contribution is 2.49. The summed E-state index contributed by atoms with van der Waals surface area (Å²) in [6, 6.07) is 8.79. The number of allylic oxidation sites excluding steroid dienone is 2. The molecular weight excluding hydrogens is 356 g/mol. The van der Waals surface area contributed by atoms with Gasteiger partial charge in [0.1, 0.15) is 11.5 Å². The van der Waals surface area contributed by atoms with Crippen molar-refractivity contribution in [1.82, 2.24) is 0 Å². The number of benzene rings is 2. The van der Waals surface area contributed by atoms with Gasteiger partial charge in [-0.3, -0.25) is 0 Å². The Hall–Kier alpha value is -2.92. The first-order chi connectivity index (χ1) is 13.4. The Morgan fingerprint density at radius 1 is 1.14 bits per heavy atom. The maximum Gasteiger partial charge on any atom is 0.231 e. The van der Waals surface area contributed by atoms with Gasteiger partial charge in [0.25, 0.3) is 0 Å². The van der Waals surface area contributed by atoms with Crippen LogP contribution in [0.25, 0.3) is 11.1 Å². The Kier molecular flexibility index (Phi) is 4.55. The molecule has 0 saturated carbocycles. The highest BCUT2D eigenvalue weighted by molar-refractivity contribution is 5.77. The smallest absolute Gasteiger partial charge is 0.231 e. The van der Waals surface area contributed by atoms with Gasteiger partial charge in [0, 0.05) is 17.0 Å². The molecule has 5 heteroatoms. The highest BCUT2D eigenvalue weighted by atomic mass is 16.7. The van der Waals surface area contributed by atoms with Crippen molar-refractivity contribution in [2.45, 2.75) is 32.3 Å². The van der Waals surface area contributed by atoms with Crippen molar-refractivity contribution in [3.05, 3.63) is 59.7 Å². The van der Waals surface area contributed by atoms with Gasteiger partial charge in [0.2, 0.25) is 6.79 Å². The maximum absolute atomic E-state index is 10.8. The summed E-state index contributed by atoms with van der Waals surface area (Å²) in [6.45, 7) is 7.96. The molecule has 0 radical (unpaired) electrons. The second-order valence-electron chi connectivity index (χ2n) is 7.61. The van der Waals surface area contributed by atoms with Gasteiger partial charge in [-0.15, -0.1) is 0 Å². The highest BCUT2D eigenvalue weighted by Gasteiger charge is 2.33. The summed E-state index contributed by atoms with van der Waals surface area (Å²) in [7, 11) is 0. The molecule has 0 saturated heterocycles. The zero-order valence-corrected chi connectivity index (χ0v) is 16.0. The van der Waals surface area contributed by atoms with Gasteiger partial charge in [-0.1, -0.05) is 30.4 Å². The largest absolute Gasteiger partial charge is 0.507 e. The van der Waals surface area contributed by atoms with E-state index in [9.17, 15) is 15.3 Å². The van der Waals surface area contributed by atoms with E-state index in [0.717, 1.165) is 16.7 Å². The van der Waals surface area contributed by atoms with Crippen LogP contribution in [0.15, 0.2) is 54.1 Å². The molecule has 3 atom stereocenters. The van der Waals surface area contributed by atoms with E-state index in [-0.39, 0.29) is 30.1 Å². The van der Waals surface area contributed by atoms with Gasteiger partial charge < -0.3 is 24.8 Å². The average molecular weight is 380 g/mol. The first-order valence-electron chi connectivity index (χ1n) is 9.33. The predicted octanol–water partition coefficient (Wildman–Crippen LogP) is 4.48. The second kappa shape index (κ2) is 6.91. The standard InChI is InChI=1S/C23H24O5/c1-12(2)16-10-18(24)13(3)7-17(16)22-19(25)8-14(9-20(22)26)15-5-4-6-21-23(15)28-11-27-21/h4-9,16-18,24-26H,1,10-11H2,2-3H3. The molecule has 0 aromatic heterocycles. The van der Waals surface area contributed by atoms with Crippen molar-refractivity contribution in [2.24, 2.45) is 5.92 Å². The van der Waals surface area contributed by atoms with Gasteiger partial charge in [-0.05, 0) is 55.5 Å². The van der Waals surface area contributed by atoms with Gasteiger partial charge in [-0.25, -0.2) is 0 Å². The Morgan fingerprint density at radius 2 is 1.86 bits per heavy atom. The van der Waals surface area contributed by atoms with Crippen molar-refractivity contribution in [2.75, 3.05) is 6.79 Å². The number of hydrogen-bond acceptors (Lipinski definition) is 5. The predicted molar refractivity (Wildman–Crippen MR) is 107 cm³/mol. The van der Waals surface area contributed by atoms with E-state index in [1.165, 1.54) is 0 Å². The van der Waals surface area contributed by atoms with Crippen LogP contribution in [-0.2, 0) is 0 Å². The monoisotopic (exact) mass is 380 g/mol. The van der Waals surface area contributed by atoms with Crippen LogP contribution in [0.5, 0.6) is 23.0 Å². The number of phenolic OH excluding ortho intramolecular Hbond substituents is 2. The van der Waals surface area contributed by atoms with Crippen LogP contribution < -0.4 is 9.47 Å². The van der Waals surface area contributed by atoms with Crippen LogP contribution in [-0.4, -0.2) is 28.2 Å². The van der Waals surface area contributed by atoms with Crippen molar-refractivity contribution < 1.29 is 24.8 Å². The summed E-state index contributed by atoms with van der Waals surface area (Å²) in [4.78, 5) is 0. The molecule has 0 fully saturated rings. The van der Waals surface area contributed by atoms with Crippen LogP contribution in [0.3, 0.4) is 0 Å². The molecule has 5 nitrogen and oxygen atoms in total. The number of ether oxygens (including phenoxy) is 2. The number of aromatic hydroxyl groups is 2. The molecule has 1 aliphatic carbocycles. The number of rotatable bonds is 3. The molecule has 0 bridgehead atoms. The molecule has 146 valence electrons. The van der Waals surface area contributed by atoms with E-state index in [4.69, 9.17) is 9.47 Å². The molecular formula is C23H24O5. The molecule has 1 aliphatic heterocycles. The molecule has 0 amide bonds. The minimum absolute atomic E-state index is 0.00297. The zero-order valence-electron chi connectivity index (χ0n) is 16.0. The zero-order chi connectivity index (χ0) is 20.0. The summed E-state index contributed by atoms with van der Waals surface area (Å²) in [5.74, 6) is 0.926. The van der Waals surface area contributed by atoms with Crippen LogP contribution in [0.4, 0.5) is 0 Å². The van der Waals surface area contributed by atoms with Crippen LogP contribution in [0.1, 0.15) is 31.7 Å².